The van der Waals surface area contributed by atoms with E-state index in [1.54, 1.807) is 12.1 Å². The van der Waals surface area contributed by atoms with Gasteiger partial charge in [-0.2, -0.15) is 0 Å². The number of carboxylic acids is 1. The van der Waals surface area contributed by atoms with E-state index in [2.05, 4.69) is 15.2 Å². The van der Waals surface area contributed by atoms with Crippen LogP contribution in [0.5, 0.6) is 0 Å². The number of nitrogens with zero attached hydrogens (tertiary/aromatic N) is 2. The summed E-state index contributed by atoms with van der Waals surface area (Å²) in [4.78, 5) is 14.2. The van der Waals surface area contributed by atoms with Crippen LogP contribution in [-0.2, 0) is 6.42 Å². The van der Waals surface area contributed by atoms with Crippen molar-refractivity contribution >= 4 is 17.6 Å². The Bertz CT molecular complexity index is 570. The van der Waals surface area contributed by atoms with Gasteiger partial charge in [-0.15, -0.1) is 5.10 Å². The summed E-state index contributed by atoms with van der Waals surface area (Å²) in [5.41, 5.74) is 0.325. The van der Waals surface area contributed by atoms with Crippen molar-refractivity contribution < 1.29 is 14.3 Å². The first kappa shape index (κ1) is 11.5. The first-order chi connectivity index (χ1) is 8.08. The molecule has 88 valence electrons. The highest BCUT2D eigenvalue weighted by molar-refractivity contribution is 6.30. The zero-order valence-corrected chi connectivity index (χ0v) is 9.20. The highest BCUT2D eigenvalue weighted by Gasteiger charge is 2.13. The molecule has 17 heavy (non-hydrogen) atoms. The molecule has 0 aliphatic carbocycles. The quantitative estimate of drug-likeness (QED) is 0.878. The van der Waals surface area contributed by atoms with Crippen molar-refractivity contribution in [1.29, 1.82) is 0 Å². The first-order valence-corrected chi connectivity index (χ1v) is 5.03. The van der Waals surface area contributed by atoms with Crippen LogP contribution in [0.4, 0.5) is 4.39 Å². The second kappa shape index (κ2) is 4.50. The van der Waals surface area contributed by atoms with Crippen molar-refractivity contribution in [2.24, 2.45) is 0 Å². The molecule has 0 bridgehead atoms. The van der Waals surface area contributed by atoms with Crippen LogP contribution in [0.2, 0.25) is 5.02 Å². The van der Waals surface area contributed by atoms with Crippen molar-refractivity contribution in [3.8, 4) is 0 Å². The Morgan fingerprint density at radius 3 is 2.94 bits per heavy atom. The predicted octanol–water partition coefficient (Wildman–Crippen LogP) is 1.89. The molecular formula is C10H7ClFN3O2. The number of aromatic amines is 1. The Hall–Kier alpha value is -1.95. The van der Waals surface area contributed by atoms with Crippen LogP contribution in [0.25, 0.3) is 0 Å². The smallest absolute Gasteiger partial charge is 0.375 e. The van der Waals surface area contributed by atoms with Crippen molar-refractivity contribution in [3.05, 3.63) is 46.3 Å². The number of aromatic nitrogens is 3. The Balaban J connectivity index is 2.25. The fourth-order valence-electron chi connectivity index (χ4n) is 1.34. The number of halogens is 2. The lowest BCUT2D eigenvalue weighted by Gasteiger charge is -2.01. The third-order valence-corrected chi connectivity index (χ3v) is 2.40. The Morgan fingerprint density at radius 1 is 1.53 bits per heavy atom. The lowest BCUT2D eigenvalue weighted by Crippen LogP contribution is -1.99. The summed E-state index contributed by atoms with van der Waals surface area (Å²) >= 11 is 5.62. The molecule has 2 aromatic rings. The fourth-order valence-corrected chi connectivity index (χ4v) is 1.53. The number of rotatable bonds is 3. The van der Waals surface area contributed by atoms with Gasteiger partial charge < -0.3 is 5.11 Å². The normalized spacial score (nSPS) is 10.5. The largest absolute Gasteiger partial charge is 0.475 e. The van der Waals surface area contributed by atoms with Gasteiger partial charge in [0.1, 0.15) is 11.6 Å². The average Bonchev–Trinajstić information content (AvgIpc) is 2.73. The van der Waals surface area contributed by atoms with Crippen LogP contribution in [0.1, 0.15) is 22.0 Å². The minimum absolute atomic E-state index is 0.0143. The second-order valence-electron chi connectivity index (χ2n) is 3.30. The van der Waals surface area contributed by atoms with Crippen molar-refractivity contribution in [2.45, 2.75) is 6.42 Å². The maximum atomic E-state index is 13.5. The molecule has 5 nitrogen and oxygen atoms in total. The highest BCUT2D eigenvalue weighted by atomic mass is 35.5. The number of carboxylic acid groups (broad SMARTS) is 1. The van der Waals surface area contributed by atoms with E-state index >= 15 is 0 Å². The number of carbonyl (C=O) groups is 1. The molecule has 0 aliphatic heterocycles. The van der Waals surface area contributed by atoms with E-state index in [1.807, 2.05) is 0 Å². The van der Waals surface area contributed by atoms with E-state index in [9.17, 15) is 9.18 Å². The lowest BCUT2D eigenvalue weighted by atomic mass is 10.1. The Kier molecular flexibility index (Phi) is 3.06. The molecule has 1 aromatic heterocycles. The first-order valence-electron chi connectivity index (χ1n) is 4.65. The standard InChI is InChI=1S/C10H7ClFN3O2/c11-6-3-1-2-5(8(6)12)4-7-13-9(10(16)17)15-14-7/h1-3H,4H2,(H,16,17)(H,13,14,15). The molecule has 1 aromatic carbocycles. The molecule has 0 saturated carbocycles. The highest BCUT2D eigenvalue weighted by Crippen LogP contribution is 2.19. The van der Waals surface area contributed by atoms with Gasteiger partial charge in [0.15, 0.2) is 0 Å². The van der Waals surface area contributed by atoms with E-state index in [-0.39, 0.29) is 23.1 Å². The van der Waals surface area contributed by atoms with E-state index in [0.717, 1.165) is 0 Å². The number of hydrogen-bond acceptors (Lipinski definition) is 3. The molecule has 0 aliphatic rings. The van der Waals surface area contributed by atoms with Gasteiger partial charge in [-0.25, -0.2) is 14.2 Å². The molecule has 0 atom stereocenters. The topological polar surface area (TPSA) is 78.9 Å². The maximum absolute atomic E-state index is 13.5. The van der Waals surface area contributed by atoms with Gasteiger partial charge in [0.05, 0.1) is 5.02 Å². The average molecular weight is 256 g/mol. The van der Waals surface area contributed by atoms with E-state index in [0.29, 0.717) is 5.56 Å². The SMILES string of the molecule is O=C(O)c1n[nH]c(Cc2cccc(Cl)c2F)n1. The van der Waals surface area contributed by atoms with E-state index in [4.69, 9.17) is 16.7 Å². The zero-order valence-electron chi connectivity index (χ0n) is 8.44. The number of benzene rings is 1. The molecule has 0 saturated heterocycles. The van der Waals surface area contributed by atoms with Crippen LogP contribution in [0, 0.1) is 5.82 Å². The van der Waals surface area contributed by atoms with Gasteiger partial charge >= 0.3 is 5.97 Å². The molecule has 0 unspecified atom stereocenters. The summed E-state index contributed by atoms with van der Waals surface area (Å²) in [6, 6.07) is 4.59. The van der Waals surface area contributed by atoms with Crippen LogP contribution < -0.4 is 0 Å². The van der Waals surface area contributed by atoms with Crippen molar-refractivity contribution in [1.82, 2.24) is 15.2 Å². The van der Waals surface area contributed by atoms with Gasteiger partial charge in [-0.05, 0) is 11.6 Å². The zero-order chi connectivity index (χ0) is 12.4. The molecule has 2 rings (SSSR count). The maximum Gasteiger partial charge on any atom is 0.375 e. The molecule has 7 heteroatoms. The summed E-state index contributed by atoms with van der Waals surface area (Å²) < 4.78 is 13.5. The van der Waals surface area contributed by atoms with Crippen LogP contribution in [-0.4, -0.2) is 26.3 Å². The summed E-state index contributed by atoms with van der Waals surface area (Å²) in [6.45, 7) is 0. The van der Waals surface area contributed by atoms with Crippen molar-refractivity contribution in [3.63, 3.8) is 0 Å². The molecule has 1 heterocycles. The van der Waals surface area contributed by atoms with Crippen LogP contribution in [0.3, 0.4) is 0 Å². The summed E-state index contributed by atoms with van der Waals surface area (Å²) in [6.07, 6.45) is 0.104. The number of aromatic carboxylic acids is 1. The van der Waals surface area contributed by atoms with Gasteiger partial charge in [-0.1, -0.05) is 23.7 Å². The van der Waals surface area contributed by atoms with E-state index in [1.165, 1.54) is 6.07 Å². The fraction of sp³-hybridized carbons (Fsp3) is 0.100. The number of H-pyrrole nitrogens is 1. The third kappa shape index (κ3) is 2.42. The monoisotopic (exact) mass is 255 g/mol. The molecule has 0 fully saturated rings. The summed E-state index contributed by atoms with van der Waals surface area (Å²) in [5, 5.41) is 14.5. The predicted molar refractivity (Wildman–Crippen MR) is 57.6 cm³/mol. The summed E-state index contributed by atoms with van der Waals surface area (Å²) in [7, 11) is 0. The Morgan fingerprint density at radius 2 is 2.29 bits per heavy atom. The van der Waals surface area contributed by atoms with E-state index < -0.39 is 11.8 Å². The molecule has 0 radical (unpaired) electrons. The summed E-state index contributed by atoms with van der Waals surface area (Å²) in [5.74, 6) is -1.85. The van der Waals surface area contributed by atoms with Gasteiger partial charge in [0.2, 0.25) is 0 Å². The van der Waals surface area contributed by atoms with Gasteiger partial charge in [0.25, 0.3) is 5.82 Å². The molecule has 0 amide bonds. The van der Waals surface area contributed by atoms with Crippen molar-refractivity contribution in [2.75, 3.05) is 0 Å². The molecule has 0 spiro atoms. The third-order valence-electron chi connectivity index (χ3n) is 2.11. The van der Waals surface area contributed by atoms with Crippen LogP contribution in [0.15, 0.2) is 18.2 Å². The van der Waals surface area contributed by atoms with Crippen LogP contribution >= 0.6 is 11.6 Å². The number of nitrogens with one attached hydrogen (secondary N) is 1. The molecule has 2 N–H and O–H groups in total. The minimum atomic E-state index is -1.24. The Labute approximate surface area is 100 Å². The lowest BCUT2D eigenvalue weighted by molar-refractivity contribution is 0.0684. The molecular weight excluding hydrogens is 249 g/mol. The van der Waals surface area contributed by atoms with Gasteiger partial charge in [0, 0.05) is 6.42 Å². The van der Waals surface area contributed by atoms with Gasteiger partial charge in [-0.3, -0.25) is 5.10 Å². The number of hydrogen-bond donors (Lipinski definition) is 2. The minimum Gasteiger partial charge on any atom is -0.475 e. The second-order valence-corrected chi connectivity index (χ2v) is 3.71.